The van der Waals surface area contributed by atoms with Gasteiger partial charge in [0.05, 0.1) is 16.4 Å². The van der Waals surface area contributed by atoms with Crippen molar-refractivity contribution in [2.45, 2.75) is 4.90 Å². The second-order valence-corrected chi connectivity index (χ2v) is 6.98. The Morgan fingerprint density at radius 1 is 1.00 bits per heavy atom. The van der Waals surface area contributed by atoms with E-state index in [4.69, 9.17) is 5.14 Å². The number of halogens is 1. The molecular formula is C8H10FNO4S2. The molecule has 0 aliphatic rings. The van der Waals surface area contributed by atoms with Crippen LogP contribution < -0.4 is 5.14 Å². The van der Waals surface area contributed by atoms with E-state index in [2.05, 4.69) is 0 Å². The first-order chi connectivity index (χ1) is 7.21. The van der Waals surface area contributed by atoms with Gasteiger partial charge in [0.15, 0.2) is 9.84 Å². The molecule has 0 spiro atoms. The molecule has 0 aliphatic heterocycles. The number of hydrogen-bond donors (Lipinski definition) is 1. The third-order valence-electron chi connectivity index (χ3n) is 1.81. The predicted octanol–water partition coefficient (Wildman–Crippen LogP) is -0.112. The molecule has 0 unspecified atom stereocenters. The van der Waals surface area contributed by atoms with Crippen LogP contribution >= 0.6 is 0 Å². The molecule has 2 N–H and O–H groups in total. The maximum absolute atomic E-state index is 12.5. The summed E-state index contributed by atoms with van der Waals surface area (Å²) < 4.78 is 56.9. The fourth-order valence-electron chi connectivity index (χ4n) is 0.986. The van der Waals surface area contributed by atoms with Crippen molar-refractivity contribution in [1.82, 2.24) is 0 Å². The van der Waals surface area contributed by atoms with Crippen molar-refractivity contribution in [2.75, 3.05) is 11.5 Å². The fraction of sp³-hybridized carbons (Fsp3) is 0.250. The van der Waals surface area contributed by atoms with Crippen LogP contribution in [0.4, 0.5) is 4.39 Å². The number of hydrogen-bond acceptors (Lipinski definition) is 4. The highest BCUT2D eigenvalue weighted by Crippen LogP contribution is 2.11. The van der Waals surface area contributed by atoms with Crippen molar-refractivity contribution < 1.29 is 21.2 Å². The lowest BCUT2D eigenvalue weighted by Gasteiger charge is -2.03. The van der Waals surface area contributed by atoms with E-state index in [1.54, 1.807) is 0 Å². The van der Waals surface area contributed by atoms with Crippen LogP contribution in [0, 0.1) is 5.82 Å². The predicted molar refractivity (Wildman–Crippen MR) is 56.4 cm³/mol. The maximum atomic E-state index is 12.5. The summed E-state index contributed by atoms with van der Waals surface area (Å²) in [7, 11) is -7.56. The average Bonchev–Trinajstić information content (AvgIpc) is 2.15. The molecule has 0 saturated heterocycles. The number of benzene rings is 1. The number of sulfone groups is 1. The van der Waals surface area contributed by atoms with E-state index in [0.29, 0.717) is 0 Å². The van der Waals surface area contributed by atoms with Crippen LogP contribution in [0.2, 0.25) is 0 Å². The zero-order valence-corrected chi connectivity index (χ0v) is 9.76. The lowest BCUT2D eigenvalue weighted by atomic mass is 10.4. The number of primary sulfonamides is 1. The minimum absolute atomic E-state index is 0.127. The third kappa shape index (κ3) is 3.87. The summed E-state index contributed by atoms with van der Waals surface area (Å²) in [6.07, 6.45) is 0. The molecule has 90 valence electrons. The minimum Gasteiger partial charge on any atom is -0.229 e. The molecule has 5 nitrogen and oxygen atoms in total. The molecule has 0 saturated carbocycles. The molecule has 0 amide bonds. The highest BCUT2D eigenvalue weighted by Gasteiger charge is 2.17. The van der Waals surface area contributed by atoms with Crippen LogP contribution in [-0.2, 0) is 19.9 Å². The van der Waals surface area contributed by atoms with Crippen LogP contribution in [0.5, 0.6) is 0 Å². The van der Waals surface area contributed by atoms with Gasteiger partial charge in [-0.15, -0.1) is 0 Å². The van der Waals surface area contributed by atoms with Crippen LogP contribution in [0.3, 0.4) is 0 Å². The largest absolute Gasteiger partial charge is 0.229 e. The van der Waals surface area contributed by atoms with Gasteiger partial charge < -0.3 is 0 Å². The first-order valence-electron chi connectivity index (χ1n) is 4.19. The standard InChI is InChI=1S/C8H10FNO4S2/c9-7-1-3-8(4-2-7)15(11,12)5-6-16(10,13)14/h1-4H,5-6H2,(H2,10,13,14). The summed E-state index contributed by atoms with van der Waals surface area (Å²) in [5, 5.41) is 4.69. The molecule has 0 atom stereocenters. The van der Waals surface area contributed by atoms with Gasteiger partial charge in [0.25, 0.3) is 0 Å². The molecule has 1 rings (SSSR count). The van der Waals surface area contributed by atoms with Crippen molar-refractivity contribution in [3.05, 3.63) is 30.1 Å². The van der Waals surface area contributed by atoms with Gasteiger partial charge in [0.2, 0.25) is 10.0 Å². The van der Waals surface area contributed by atoms with E-state index in [-0.39, 0.29) is 4.90 Å². The van der Waals surface area contributed by atoms with Gasteiger partial charge >= 0.3 is 0 Å². The van der Waals surface area contributed by atoms with Crippen molar-refractivity contribution in [1.29, 1.82) is 0 Å². The topological polar surface area (TPSA) is 94.3 Å². The third-order valence-corrected chi connectivity index (χ3v) is 4.57. The Kier molecular flexibility index (Phi) is 3.66. The Hall–Kier alpha value is -0.990. The van der Waals surface area contributed by atoms with Gasteiger partial charge in [-0.2, -0.15) is 0 Å². The Morgan fingerprint density at radius 3 is 1.94 bits per heavy atom. The van der Waals surface area contributed by atoms with E-state index in [1.807, 2.05) is 0 Å². The first kappa shape index (κ1) is 13.1. The Bertz CT molecular complexity index is 563. The van der Waals surface area contributed by atoms with Crippen molar-refractivity contribution >= 4 is 19.9 Å². The molecule has 0 aliphatic carbocycles. The van der Waals surface area contributed by atoms with Crippen LogP contribution in [-0.4, -0.2) is 28.3 Å². The molecule has 0 heterocycles. The maximum Gasteiger partial charge on any atom is 0.210 e. The van der Waals surface area contributed by atoms with E-state index in [0.717, 1.165) is 24.3 Å². The second kappa shape index (κ2) is 4.48. The monoisotopic (exact) mass is 267 g/mol. The highest BCUT2D eigenvalue weighted by molar-refractivity contribution is 7.94. The SMILES string of the molecule is NS(=O)(=O)CCS(=O)(=O)c1ccc(F)cc1. The lowest BCUT2D eigenvalue weighted by Crippen LogP contribution is -2.23. The lowest BCUT2D eigenvalue weighted by molar-refractivity contribution is 0.587. The van der Waals surface area contributed by atoms with Crippen LogP contribution in [0.25, 0.3) is 0 Å². The molecule has 1 aromatic carbocycles. The summed E-state index contributed by atoms with van der Waals surface area (Å²) in [5.41, 5.74) is 0. The average molecular weight is 267 g/mol. The fourth-order valence-corrected chi connectivity index (χ4v) is 3.58. The van der Waals surface area contributed by atoms with E-state index < -0.39 is 37.2 Å². The van der Waals surface area contributed by atoms with Gasteiger partial charge in [0, 0.05) is 0 Å². The highest BCUT2D eigenvalue weighted by atomic mass is 32.2. The van der Waals surface area contributed by atoms with E-state index in [1.165, 1.54) is 0 Å². The molecule has 8 heteroatoms. The van der Waals surface area contributed by atoms with Gasteiger partial charge in [0.1, 0.15) is 5.82 Å². The smallest absolute Gasteiger partial charge is 0.210 e. The Labute approximate surface area is 93.1 Å². The van der Waals surface area contributed by atoms with Gasteiger partial charge in [-0.1, -0.05) is 0 Å². The normalized spacial score (nSPS) is 12.6. The quantitative estimate of drug-likeness (QED) is 0.770. The summed E-state index contributed by atoms with van der Waals surface area (Å²) in [6, 6.07) is 4.13. The number of rotatable bonds is 4. The van der Waals surface area contributed by atoms with Gasteiger partial charge in [-0.05, 0) is 24.3 Å². The van der Waals surface area contributed by atoms with E-state index >= 15 is 0 Å². The Morgan fingerprint density at radius 2 is 1.50 bits per heavy atom. The Balaban J connectivity index is 2.91. The molecule has 0 aromatic heterocycles. The second-order valence-electron chi connectivity index (χ2n) is 3.14. The molecule has 1 aromatic rings. The zero-order valence-electron chi connectivity index (χ0n) is 8.13. The molecule has 0 bridgehead atoms. The van der Waals surface area contributed by atoms with Gasteiger partial charge in [-0.25, -0.2) is 26.4 Å². The molecule has 0 radical (unpaired) electrons. The first-order valence-corrected chi connectivity index (χ1v) is 7.56. The summed E-state index contributed by atoms with van der Waals surface area (Å²) in [4.78, 5) is -0.127. The zero-order chi connectivity index (χ0) is 12.4. The van der Waals surface area contributed by atoms with Crippen molar-refractivity contribution in [3.63, 3.8) is 0 Å². The summed E-state index contributed by atoms with van der Waals surface area (Å²) in [5.74, 6) is -1.84. The van der Waals surface area contributed by atoms with E-state index in [9.17, 15) is 21.2 Å². The van der Waals surface area contributed by atoms with Crippen molar-refractivity contribution in [2.24, 2.45) is 5.14 Å². The molecule has 16 heavy (non-hydrogen) atoms. The molecule has 0 fully saturated rings. The summed E-state index contributed by atoms with van der Waals surface area (Å²) >= 11 is 0. The number of sulfonamides is 1. The minimum atomic E-state index is -3.83. The van der Waals surface area contributed by atoms with Gasteiger partial charge in [-0.3, -0.25) is 0 Å². The number of nitrogens with two attached hydrogens (primary N) is 1. The van der Waals surface area contributed by atoms with Crippen molar-refractivity contribution in [3.8, 4) is 0 Å². The van der Waals surface area contributed by atoms with Crippen LogP contribution in [0.1, 0.15) is 0 Å². The van der Waals surface area contributed by atoms with Crippen LogP contribution in [0.15, 0.2) is 29.2 Å². The molecular weight excluding hydrogens is 257 g/mol. The summed E-state index contributed by atoms with van der Waals surface area (Å²) in [6.45, 7) is 0.